The molecule has 0 unspecified atom stereocenters. The fourth-order valence-corrected chi connectivity index (χ4v) is 2.67. The molecule has 0 saturated carbocycles. The zero-order chi connectivity index (χ0) is 13.4. The highest BCUT2D eigenvalue weighted by molar-refractivity contribution is 6.18. The van der Waals surface area contributed by atoms with E-state index in [0.717, 1.165) is 21.5 Å². The molecule has 3 aromatic rings. The molecular formula is C17H14O2. The van der Waals surface area contributed by atoms with Crippen molar-refractivity contribution in [1.82, 2.24) is 0 Å². The van der Waals surface area contributed by atoms with E-state index in [1.165, 1.54) is 12.7 Å². The lowest BCUT2D eigenvalue weighted by atomic mass is 9.92. The largest absolute Gasteiger partial charge is 0.465 e. The van der Waals surface area contributed by atoms with Crippen LogP contribution in [0.4, 0.5) is 0 Å². The van der Waals surface area contributed by atoms with E-state index in [9.17, 15) is 4.79 Å². The van der Waals surface area contributed by atoms with Gasteiger partial charge in [0.25, 0.3) is 0 Å². The highest BCUT2D eigenvalue weighted by atomic mass is 16.5. The summed E-state index contributed by atoms with van der Waals surface area (Å²) in [6.45, 7) is 2.09. The Hall–Kier alpha value is -2.35. The number of hydrogen-bond acceptors (Lipinski definition) is 2. The van der Waals surface area contributed by atoms with Crippen molar-refractivity contribution in [3.05, 3.63) is 59.7 Å². The van der Waals surface area contributed by atoms with Crippen molar-refractivity contribution >= 4 is 27.5 Å². The molecular weight excluding hydrogens is 236 g/mol. The van der Waals surface area contributed by atoms with Crippen LogP contribution >= 0.6 is 0 Å². The number of carbonyl (C=O) groups is 1. The molecule has 0 amide bonds. The van der Waals surface area contributed by atoms with Crippen LogP contribution in [0.2, 0.25) is 0 Å². The summed E-state index contributed by atoms with van der Waals surface area (Å²) >= 11 is 0. The Morgan fingerprint density at radius 2 is 1.26 bits per heavy atom. The first-order valence-electron chi connectivity index (χ1n) is 6.22. The third kappa shape index (κ3) is 1.68. The average Bonchev–Trinajstić information content (AvgIpc) is 2.47. The fraction of sp³-hybridized carbons (Fsp3) is 0.118. The first-order chi connectivity index (χ1) is 9.24. The van der Waals surface area contributed by atoms with E-state index in [4.69, 9.17) is 4.74 Å². The fourth-order valence-electron chi connectivity index (χ4n) is 2.67. The summed E-state index contributed by atoms with van der Waals surface area (Å²) < 4.78 is 4.95. The second-order valence-electron chi connectivity index (χ2n) is 4.58. The molecule has 0 atom stereocenters. The molecule has 94 valence electrons. The maximum atomic E-state index is 12.1. The molecule has 2 heteroatoms. The number of fused-ring (bicyclic) bond motifs is 2. The van der Waals surface area contributed by atoms with Gasteiger partial charge in [0.05, 0.1) is 12.7 Å². The van der Waals surface area contributed by atoms with Gasteiger partial charge < -0.3 is 4.74 Å². The molecule has 0 heterocycles. The lowest BCUT2D eigenvalue weighted by Gasteiger charge is -2.12. The number of methoxy groups -OCH3 is 1. The van der Waals surface area contributed by atoms with Crippen molar-refractivity contribution in [2.24, 2.45) is 0 Å². The van der Waals surface area contributed by atoms with Crippen LogP contribution < -0.4 is 0 Å². The minimum absolute atomic E-state index is 0.285. The van der Waals surface area contributed by atoms with Gasteiger partial charge in [0, 0.05) is 0 Å². The van der Waals surface area contributed by atoms with E-state index in [2.05, 4.69) is 6.92 Å². The van der Waals surface area contributed by atoms with Gasteiger partial charge in [0.15, 0.2) is 0 Å². The summed E-state index contributed by atoms with van der Waals surface area (Å²) in [4.78, 5) is 12.1. The van der Waals surface area contributed by atoms with Gasteiger partial charge in [-0.3, -0.25) is 0 Å². The van der Waals surface area contributed by atoms with E-state index in [-0.39, 0.29) is 5.97 Å². The van der Waals surface area contributed by atoms with Crippen LogP contribution in [0.5, 0.6) is 0 Å². The second-order valence-corrected chi connectivity index (χ2v) is 4.58. The Balaban J connectivity index is 2.60. The Labute approximate surface area is 111 Å². The molecule has 2 nitrogen and oxygen atoms in total. The average molecular weight is 250 g/mol. The van der Waals surface area contributed by atoms with Crippen LogP contribution in [-0.4, -0.2) is 13.1 Å². The topological polar surface area (TPSA) is 26.3 Å². The molecule has 0 fully saturated rings. The van der Waals surface area contributed by atoms with Crippen LogP contribution in [-0.2, 0) is 4.74 Å². The van der Waals surface area contributed by atoms with Gasteiger partial charge in [-0.25, -0.2) is 4.79 Å². The molecule has 0 aliphatic heterocycles. The summed E-state index contributed by atoms with van der Waals surface area (Å²) in [5.74, 6) is -0.285. The molecule has 0 N–H and O–H groups in total. The molecule has 0 saturated heterocycles. The summed E-state index contributed by atoms with van der Waals surface area (Å²) in [5.41, 5.74) is 1.85. The zero-order valence-corrected chi connectivity index (χ0v) is 10.9. The summed E-state index contributed by atoms with van der Waals surface area (Å²) in [6.07, 6.45) is 0. The molecule has 0 aromatic heterocycles. The number of esters is 1. The van der Waals surface area contributed by atoms with E-state index >= 15 is 0 Å². The highest BCUT2D eigenvalue weighted by Crippen LogP contribution is 2.32. The predicted molar refractivity (Wildman–Crippen MR) is 77.5 cm³/mol. The molecule has 19 heavy (non-hydrogen) atoms. The molecule has 0 aliphatic carbocycles. The van der Waals surface area contributed by atoms with Crippen molar-refractivity contribution in [1.29, 1.82) is 0 Å². The van der Waals surface area contributed by atoms with Gasteiger partial charge >= 0.3 is 5.97 Å². The third-order valence-corrected chi connectivity index (χ3v) is 3.59. The standard InChI is InChI=1S/C17H14O2/c1-11-12-7-3-5-9-14(12)16(17(18)19-2)15-10-6-4-8-13(11)15/h3-10H,1-2H3. The molecule has 0 aliphatic rings. The van der Waals surface area contributed by atoms with Crippen LogP contribution in [0.15, 0.2) is 48.5 Å². The number of aryl methyl sites for hydroxylation is 1. The molecule has 0 bridgehead atoms. The van der Waals surface area contributed by atoms with Gasteiger partial charge in [0.1, 0.15) is 0 Å². The SMILES string of the molecule is COC(=O)c1c2ccccc2c(C)c2ccccc12. The molecule has 0 spiro atoms. The van der Waals surface area contributed by atoms with Gasteiger partial charge in [-0.05, 0) is 34.0 Å². The number of ether oxygens (including phenoxy) is 1. The minimum atomic E-state index is -0.285. The molecule has 3 rings (SSSR count). The quantitative estimate of drug-likeness (QED) is 0.480. The number of hydrogen-bond donors (Lipinski definition) is 0. The van der Waals surface area contributed by atoms with Crippen LogP contribution in [0.1, 0.15) is 15.9 Å². The molecule has 0 radical (unpaired) electrons. The van der Waals surface area contributed by atoms with Crippen LogP contribution in [0.25, 0.3) is 21.5 Å². The van der Waals surface area contributed by atoms with Gasteiger partial charge in [0.2, 0.25) is 0 Å². The van der Waals surface area contributed by atoms with E-state index < -0.39 is 0 Å². The lowest BCUT2D eigenvalue weighted by Crippen LogP contribution is -2.04. The van der Waals surface area contributed by atoms with E-state index in [0.29, 0.717) is 5.56 Å². The maximum absolute atomic E-state index is 12.1. The predicted octanol–water partition coefficient (Wildman–Crippen LogP) is 4.09. The monoisotopic (exact) mass is 250 g/mol. The van der Waals surface area contributed by atoms with E-state index in [1.807, 2.05) is 48.5 Å². The van der Waals surface area contributed by atoms with E-state index in [1.54, 1.807) is 0 Å². The van der Waals surface area contributed by atoms with Crippen molar-refractivity contribution in [3.8, 4) is 0 Å². The van der Waals surface area contributed by atoms with Gasteiger partial charge in [-0.2, -0.15) is 0 Å². The Kier molecular flexibility index (Phi) is 2.71. The van der Waals surface area contributed by atoms with Crippen molar-refractivity contribution < 1.29 is 9.53 Å². The number of rotatable bonds is 1. The second kappa shape index (κ2) is 4.39. The zero-order valence-electron chi connectivity index (χ0n) is 10.9. The van der Waals surface area contributed by atoms with Gasteiger partial charge in [-0.15, -0.1) is 0 Å². The highest BCUT2D eigenvalue weighted by Gasteiger charge is 2.16. The lowest BCUT2D eigenvalue weighted by molar-refractivity contribution is 0.0605. The van der Waals surface area contributed by atoms with Gasteiger partial charge in [-0.1, -0.05) is 48.5 Å². The number of benzene rings is 3. The maximum Gasteiger partial charge on any atom is 0.339 e. The Bertz CT molecular complexity index is 731. The first kappa shape index (κ1) is 11.7. The summed E-state index contributed by atoms with van der Waals surface area (Å²) in [6, 6.07) is 15.9. The summed E-state index contributed by atoms with van der Waals surface area (Å²) in [7, 11) is 1.42. The first-order valence-corrected chi connectivity index (χ1v) is 6.22. The minimum Gasteiger partial charge on any atom is -0.465 e. The smallest absolute Gasteiger partial charge is 0.339 e. The number of carbonyl (C=O) groups excluding carboxylic acids is 1. The normalized spacial score (nSPS) is 10.8. The van der Waals surface area contributed by atoms with Crippen molar-refractivity contribution in [3.63, 3.8) is 0 Å². The Morgan fingerprint density at radius 1 is 0.842 bits per heavy atom. The van der Waals surface area contributed by atoms with Crippen LogP contribution in [0.3, 0.4) is 0 Å². The summed E-state index contributed by atoms with van der Waals surface area (Å²) in [5, 5.41) is 4.10. The van der Waals surface area contributed by atoms with Crippen molar-refractivity contribution in [2.45, 2.75) is 6.92 Å². The van der Waals surface area contributed by atoms with Crippen LogP contribution in [0, 0.1) is 6.92 Å². The Morgan fingerprint density at radius 3 is 1.68 bits per heavy atom. The molecule has 3 aromatic carbocycles. The van der Waals surface area contributed by atoms with Crippen molar-refractivity contribution in [2.75, 3.05) is 7.11 Å². The third-order valence-electron chi connectivity index (χ3n) is 3.59.